The van der Waals surface area contributed by atoms with E-state index in [0.29, 0.717) is 17.6 Å². The van der Waals surface area contributed by atoms with Crippen molar-refractivity contribution in [2.24, 2.45) is 5.92 Å². The summed E-state index contributed by atoms with van der Waals surface area (Å²) in [6.07, 6.45) is 9.19. The van der Waals surface area contributed by atoms with Crippen LogP contribution in [0.4, 0.5) is 11.6 Å². The minimum absolute atomic E-state index is 0.161. The van der Waals surface area contributed by atoms with Gasteiger partial charge in [-0.3, -0.25) is 9.48 Å². The van der Waals surface area contributed by atoms with Crippen LogP contribution in [0.5, 0.6) is 0 Å². The Balaban J connectivity index is 1.46. The fourth-order valence-electron chi connectivity index (χ4n) is 4.09. The van der Waals surface area contributed by atoms with Gasteiger partial charge < -0.3 is 10.6 Å². The molecule has 1 aliphatic carbocycles. The van der Waals surface area contributed by atoms with E-state index in [9.17, 15) is 4.79 Å². The second-order valence-corrected chi connectivity index (χ2v) is 8.60. The summed E-state index contributed by atoms with van der Waals surface area (Å²) in [6, 6.07) is 11.2. The molecule has 2 heterocycles. The van der Waals surface area contributed by atoms with Gasteiger partial charge in [0.25, 0.3) is 5.91 Å². The average molecular weight is 455 g/mol. The third-order valence-electron chi connectivity index (χ3n) is 6.04. The number of amides is 1. The van der Waals surface area contributed by atoms with E-state index in [1.165, 1.54) is 0 Å². The Morgan fingerprint density at radius 3 is 2.56 bits per heavy atom. The van der Waals surface area contributed by atoms with Crippen molar-refractivity contribution in [1.82, 2.24) is 25.1 Å². The second kappa shape index (κ2) is 10.1. The Morgan fingerprint density at radius 2 is 1.88 bits per heavy atom. The van der Waals surface area contributed by atoms with Gasteiger partial charge in [-0.2, -0.15) is 15.6 Å². The van der Waals surface area contributed by atoms with Crippen LogP contribution >= 0.6 is 0 Å². The summed E-state index contributed by atoms with van der Waals surface area (Å²) >= 11 is 0. The van der Waals surface area contributed by atoms with Crippen molar-refractivity contribution in [2.45, 2.75) is 51.6 Å². The molecule has 1 fully saturated rings. The summed E-state index contributed by atoms with van der Waals surface area (Å²) in [5.41, 5.74) is 3.81. The molecule has 4 rings (SSSR count). The molecule has 0 saturated heterocycles. The summed E-state index contributed by atoms with van der Waals surface area (Å²) in [5.74, 6) is 0.326. The van der Waals surface area contributed by atoms with Crippen LogP contribution < -0.4 is 10.6 Å². The average Bonchev–Trinajstić information content (AvgIpc) is 3.33. The lowest BCUT2D eigenvalue weighted by Gasteiger charge is -2.24. The first-order valence-electron chi connectivity index (χ1n) is 11.3. The molecule has 9 nitrogen and oxygen atoms in total. The molecule has 0 radical (unpaired) electrons. The van der Waals surface area contributed by atoms with Crippen LogP contribution in [0.2, 0.25) is 0 Å². The van der Waals surface area contributed by atoms with Gasteiger partial charge in [-0.05, 0) is 57.2 Å². The van der Waals surface area contributed by atoms with E-state index < -0.39 is 6.04 Å². The molecule has 172 valence electrons. The molecule has 0 bridgehead atoms. The van der Waals surface area contributed by atoms with Crippen molar-refractivity contribution in [2.75, 3.05) is 5.32 Å². The number of nitriles is 2. The van der Waals surface area contributed by atoms with Crippen LogP contribution in [0.1, 0.15) is 54.6 Å². The smallest absolute Gasteiger partial charge is 0.252 e. The minimum atomic E-state index is -0.554. The lowest BCUT2D eigenvalue weighted by atomic mass is 9.87. The Morgan fingerprint density at radius 1 is 1.15 bits per heavy atom. The van der Waals surface area contributed by atoms with E-state index in [0.717, 1.165) is 48.2 Å². The van der Waals surface area contributed by atoms with Crippen LogP contribution in [0, 0.1) is 35.5 Å². The van der Waals surface area contributed by atoms with Gasteiger partial charge in [0.05, 0.1) is 35.8 Å². The van der Waals surface area contributed by atoms with Gasteiger partial charge in [-0.1, -0.05) is 12.1 Å². The van der Waals surface area contributed by atoms with Crippen LogP contribution in [-0.2, 0) is 0 Å². The topological polar surface area (TPSA) is 132 Å². The molecular formula is C25H26N8O. The molecule has 2 N–H and O–H groups in total. The molecule has 1 unspecified atom stereocenters. The lowest BCUT2D eigenvalue weighted by molar-refractivity contribution is 0.0948. The number of nitrogens with zero attached hydrogens (tertiary/aromatic N) is 6. The van der Waals surface area contributed by atoms with Crippen molar-refractivity contribution in [1.29, 1.82) is 10.5 Å². The quantitative estimate of drug-likeness (QED) is 0.568. The third kappa shape index (κ3) is 5.21. The van der Waals surface area contributed by atoms with Crippen LogP contribution in [0.3, 0.4) is 0 Å². The molecule has 0 spiro atoms. The maximum atomic E-state index is 12.2. The zero-order valence-corrected chi connectivity index (χ0v) is 19.2. The molecular weight excluding hydrogens is 428 g/mol. The normalized spacial score (nSPS) is 18.4. The summed E-state index contributed by atoms with van der Waals surface area (Å²) in [6.45, 7) is 3.57. The molecule has 1 aromatic carbocycles. The van der Waals surface area contributed by atoms with Gasteiger partial charge in [0.15, 0.2) is 0 Å². The number of anilines is 2. The summed E-state index contributed by atoms with van der Waals surface area (Å²) in [5, 5.41) is 28.3. The number of nitrogens with one attached hydrogen (secondary N) is 2. The zero-order chi connectivity index (χ0) is 24.1. The number of carbonyl (C=O) groups is 1. The number of aromatic nitrogens is 4. The fourth-order valence-corrected chi connectivity index (χ4v) is 4.09. The van der Waals surface area contributed by atoms with Crippen molar-refractivity contribution < 1.29 is 4.79 Å². The summed E-state index contributed by atoms with van der Waals surface area (Å²) in [7, 11) is 0. The number of hydrogen-bond donors (Lipinski definition) is 2. The molecule has 1 amide bonds. The molecule has 1 atom stereocenters. The molecule has 1 aliphatic rings. The van der Waals surface area contributed by atoms with E-state index in [1.54, 1.807) is 31.5 Å². The van der Waals surface area contributed by atoms with Crippen LogP contribution in [0.25, 0.3) is 11.3 Å². The largest absolute Gasteiger partial charge is 0.337 e. The highest BCUT2D eigenvalue weighted by molar-refractivity contribution is 5.95. The molecule has 0 aliphatic heterocycles. The van der Waals surface area contributed by atoms with Gasteiger partial charge in [0, 0.05) is 29.4 Å². The van der Waals surface area contributed by atoms with Gasteiger partial charge in [0.2, 0.25) is 5.95 Å². The number of aryl methyl sites for hydroxylation is 1. The van der Waals surface area contributed by atoms with Gasteiger partial charge >= 0.3 is 0 Å². The standard InChI is InChI=1S/C25H26N8O/c1-16-13-28-25(31-21-14-29-33(15-21)22-9-3-18(12-27)4-10-22)32-23(16)19-5-7-20(8-6-19)24(34)30-17(2)11-26/h5-8,13-15,17-18,22H,3-4,9-10H2,1-2H3,(H,30,34)(H,28,31,32). The minimum Gasteiger partial charge on any atom is -0.337 e. The van der Waals surface area contributed by atoms with E-state index in [1.807, 2.05) is 36.0 Å². The molecule has 34 heavy (non-hydrogen) atoms. The summed E-state index contributed by atoms with van der Waals surface area (Å²) < 4.78 is 1.96. The van der Waals surface area contributed by atoms with Gasteiger partial charge in [-0.15, -0.1) is 0 Å². The first kappa shape index (κ1) is 22.9. The first-order chi connectivity index (χ1) is 16.5. The van der Waals surface area contributed by atoms with E-state index in [2.05, 4.69) is 31.8 Å². The van der Waals surface area contributed by atoms with Gasteiger partial charge in [-0.25, -0.2) is 9.97 Å². The number of carbonyl (C=O) groups excluding carboxylic acids is 1. The number of hydrogen-bond acceptors (Lipinski definition) is 7. The highest BCUT2D eigenvalue weighted by atomic mass is 16.1. The fraction of sp³-hybridized carbons (Fsp3) is 0.360. The lowest BCUT2D eigenvalue weighted by Crippen LogP contribution is -2.31. The maximum Gasteiger partial charge on any atom is 0.252 e. The first-order valence-corrected chi connectivity index (χ1v) is 11.3. The predicted molar refractivity (Wildman–Crippen MR) is 127 cm³/mol. The zero-order valence-electron chi connectivity index (χ0n) is 19.2. The van der Waals surface area contributed by atoms with Crippen molar-refractivity contribution in [3.05, 3.63) is 54.0 Å². The molecule has 1 saturated carbocycles. The van der Waals surface area contributed by atoms with Crippen molar-refractivity contribution in [3.8, 4) is 23.4 Å². The number of rotatable bonds is 6. The predicted octanol–water partition coefficient (Wildman–Crippen LogP) is 4.29. The maximum absolute atomic E-state index is 12.2. The highest BCUT2D eigenvalue weighted by Crippen LogP contribution is 2.32. The van der Waals surface area contributed by atoms with Crippen molar-refractivity contribution >= 4 is 17.5 Å². The van der Waals surface area contributed by atoms with Crippen LogP contribution in [0.15, 0.2) is 42.9 Å². The Kier molecular flexibility index (Phi) is 6.84. The Bertz CT molecular complexity index is 1240. The Hall–Kier alpha value is -4.24. The Labute approximate surface area is 198 Å². The second-order valence-electron chi connectivity index (χ2n) is 8.60. The van der Waals surface area contributed by atoms with Crippen LogP contribution in [-0.4, -0.2) is 31.7 Å². The monoisotopic (exact) mass is 454 g/mol. The van der Waals surface area contributed by atoms with E-state index >= 15 is 0 Å². The summed E-state index contributed by atoms with van der Waals surface area (Å²) in [4.78, 5) is 21.3. The molecule has 3 aromatic rings. The van der Waals surface area contributed by atoms with E-state index in [4.69, 9.17) is 10.5 Å². The number of benzene rings is 1. The molecule has 2 aromatic heterocycles. The highest BCUT2D eigenvalue weighted by Gasteiger charge is 2.22. The van der Waals surface area contributed by atoms with Crippen molar-refractivity contribution in [3.63, 3.8) is 0 Å². The SMILES string of the molecule is Cc1cnc(Nc2cnn(C3CCC(C#N)CC3)c2)nc1-c1ccc(C(=O)NC(C)C#N)cc1. The molecule has 9 heteroatoms. The van der Waals surface area contributed by atoms with Gasteiger partial charge in [0.1, 0.15) is 6.04 Å². The third-order valence-corrected chi connectivity index (χ3v) is 6.04. The van der Waals surface area contributed by atoms with E-state index in [-0.39, 0.29) is 11.8 Å².